The number of hydrogen-bond acceptors (Lipinski definition) is 6. The summed E-state index contributed by atoms with van der Waals surface area (Å²) >= 11 is 0. The number of nitrogens with two attached hydrogens (primary N) is 1. The maximum absolute atomic E-state index is 9.96. The maximum atomic E-state index is 9.96. The van der Waals surface area contributed by atoms with Crippen molar-refractivity contribution in [1.82, 2.24) is 10.9 Å². The summed E-state index contributed by atoms with van der Waals surface area (Å²) in [6.07, 6.45) is 0.837. The van der Waals surface area contributed by atoms with Crippen LogP contribution in [0.15, 0.2) is 5.18 Å². The van der Waals surface area contributed by atoms with Crippen molar-refractivity contribution in [3.8, 4) is 0 Å². The molecule has 0 aliphatic heterocycles. The average Bonchev–Trinajstić information content (AvgIpc) is 2.04. The Morgan fingerprint density at radius 2 is 2.25 bits per heavy atom. The molecule has 1 unspecified atom stereocenters. The molecule has 0 radical (unpaired) electrons. The summed E-state index contributed by atoms with van der Waals surface area (Å²) in [7, 11) is 0. The molecule has 6 nitrogen and oxygen atoms in total. The number of aliphatic hydroxyl groups is 1. The first-order valence-corrected chi connectivity index (χ1v) is 3.85. The van der Waals surface area contributed by atoms with Crippen LogP contribution in [0.2, 0.25) is 0 Å². The molecule has 0 aromatic heterocycles. The molecule has 0 aliphatic carbocycles. The molecule has 0 saturated heterocycles. The lowest BCUT2D eigenvalue weighted by atomic mass is 10.3. The van der Waals surface area contributed by atoms with Gasteiger partial charge in [0.15, 0.2) is 0 Å². The van der Waals surface area contributed by atoms with Gasteiger partial charge in [0.2, 0.25) is 5.72 Å². The second-order valence-corrected chi connectivity index (χ2v) is 2.73. The molecule has 0 fully saturated rings. The summed E-state index contributed by atoms with van der Waals surface area (Å²) in [4.78, 5) is 9.96. The maximum Gasteiger partial charge on any atom is 0.208 e. The molecule has 0 aromatic rings. The van der Waals surface area contributed by atoms with E-state index in [0.29, 0.717) is 13.1 Å². The van der Waals surface area contributed by atoms with Gasteiger partial charge in [-0.25, -0.2) is 0 Å². The molecule has 0 aromatic carbocycles. The lowest BCUT2D eigenvalue weighted by Crippen LogP contribution is -2.43. The van der Waals surface area contributed by atoms with E-state index in [2.05, 4.69) is 16.0 Å². The molecule has 72 valence electrons. The average molecular weight is 176 g/mol. The van der Waals surface area contributed by atoms with Crippen LogP contribution in [0.1, 0.15) is 13.3 Å². The predicted octanol–water partition coefficient (Wildman–Crippen LogP) is -1.10. The van der Waals surface area contributed by atoms with Crippen molar-refractivity contribution in [3.05, 3.63) is 4.91 Å². The first kappa shape index (κ1) is 11.4. The van der Waals surface area contributed by atoms with Gasteiger partial charge in [0.1, 0.15) is 0 Å². The van der Waals surface area contributed by atoms with Crippen LogP contribution in [-0.4, -0.2) is 30.5 Å². The number of nitrogens with zero attached hydrogens (tertiary/aromatic N) is 1. The fraction of sp³-hybridized carbons (Fsp3) is 1.00. The third kappa shape index (κ3) is 6.17. The van der Waals surface area contributed by atoms with Crippen molar-refractivity contribution in [2.75, 3.05) is 19.6 Å². The number of hydrogen-bond donors (Lipinski definition) is 4. The SMILES string of the molecule is CC(O)(CNNCCCN)N=O. The summed E-state index contributed by atoms with van der Waals surface area (Å²) in [5.74, 6) is 0. The summed E-state index contributed by atoms with van der Waals surface area (Å²) in [5.41, 5.74) is 9.14. The number of nitrogens with one attached hydrogen (secondary N) is 2. The highest BCUT2D eigenvalue weighted by Gasteiger charge is 2.19. The van der Waals surface area contributed by atoms with Crippen LogP contribution in [-0.2, 0) is 0 Å². The van der Waals surface area contributed by atoms with Crippen LogP contribution in [0.5, 0.6) is 0 Å². The molecular weight excluding hydrogens is 160 g/mol. The molecule has 0 rings (SSSR count). The van der Waals surface area contributed by atoms with Gasteiger partial charge in [-0.15, -0.1) is 4.91 Å². The van der Waals surface area contributed by atoms with Crippen LogP contribution in [0, 0.1) is 4.91 Å². The normalized spacial score (nSPS) is 15.6. The van der Waals surface area contributed by atoms with Crippen molar-refractivity contribution in [2.45, 2.75) is 19.1 Å². The molecule has 12 heavy (non-hydrogen) atoms. The fourth-order valence-corrected chi connectivity index (χ4v) is 0.541. The van der Waals surface area contributed by atoms with Gasteiger partial charge in [-0.2, -0.15) is 0 Å². The van der Waals surface area contributed by atoms with Crippen LogP contribution in [0.25, 0.3) is 0 Å². The van der Waals surface area contributed by atoms with Crippen LogP contribution >= 0.6 is 0 Å². The van der Waals surface area contributed by atoms with Crippen LogP contribution in [0.4, 0.5) is 0 Å². The zero-order chi connectivity index (χ0) is 9.45. The smallest absolute Gasteiger partial charge is 0.208 e. The number of hydrazine groups is 1. The molecule has 0 aliphatic rings. The van der Waals surface area contributed by atoms with Gasteiger partial charge in [-0.3, -0.25) is 10.9 Å². The Balaban J connectivity index is 3.25. The second-order valence-electron chi connectivity index (χ2n) is 2.73. The van der Waals surface area contributed by atoms with Gasteiger partial charge in [-0.05, 0) is 25.1 Å². The molecule has 0 saturated carbocycles. The van der Waals surface area contributed by atoms with Crippen molar-refractivity contribution in [2.24, 2.45) is 10.9 Å². The van der Waals surface area contributed by atoms with E-state index in [0.717, 1.165) is 6.42 Å². The summed E-state index contributed by atoms with van der Waals surface area (Å²) in [6, 6.07) is 0. The molecular formula is C6H16N4O2. The summed E-state index contributed by atoms with van der Waals surface area (Å²) < 4.78 is 0. The highest BCUT2D eigenvalue weighted by atomic mass is 16.4. The molecule has 0 heterocycles. The topological polar surface area (TPSA) is 99.7 Å². The first-order valence-electron chi connectivity index (χ1n) is 3.85. The van der Waals surface area contributed by atoms with Crippen molar-refractivity contribution < 1.29 is 5.11 Å². The van der Waals surface area contributed by atoms with E-state index in [-0.39, 0.29) is 6.54 Å². The number of rotatable bonds is 7. The van der Waals surface area contributed by atoms with Gasteiger partial charge in [0.25, 0.3) is 0 Å². The highest BCUT2D eigenvalue weighted by Crippen LogP contribution is 2.00. The van der Waals surface area contributed by atoms with E-state index < -0.39 is 5.72 Å². The Morgan fingerprint density at radius 1 is 1.58 bits per heavy atom. The lowest BCUT2D eigenvalue weighted by molar-refractivity contribution is 0.0638. The third-order valence-electron chi connectivity index (χ3n) is 1.25. The zero-order valence-corrected chi connectivity index (χ0v) is 7.21. The van der Waals surface area contributed by atoms with Crippen molar-refractivity contribution in [1.29, 1.82) is 0 Å². The minimum Gasteiger partial charge on any atom is -0.366 e. The third-order valence-corrected chi connectivity index (χ3v) is 1.25. The first-order chi connectivity index (χ1) is 5.62. The van der Waals surface area contributed by atoms with E-state index in [1.165, 1.54) is 6.92 Å². The zero-order valence-electron chi connectivity index (χ0n) is 7.21. The van der Waals surface area contributed by atoms with Crippen molar-refractivity contribution >= 4 is 0 Å². The molecule has 1 atom stereocenters. The standard InChI is InChI=1S/C6H16N4O2/c1-6(11,10-12)5-9-8-4-2-3-7/h8-9,11H,2-5,7H2,1H3. The summed E-state index contributed by atoms with van der Waals surface area (Å²) in [6.45, 7) is 2.72. The van der Waals surface area contributed by atoms with E-state index in [9.17, 15) is 4.91 Å². The van der Waals surface area contributed by atoms with E-state index in [1.807, 2.05) is 0 Å². The Labute approximate surface area is 71.5 Å². The molecule has 5 N–H and O–H groups in total. The Bertz CT molecular complexity index is 129. The minimum absolute atomic E-state index is 0.0844. The van der Waals surface area contributed by atoms with Gasteiger partial charge in [0.05, 0.1) is 6.54 Å². The van der Waals surface area contributed by atoms with Gasteiger partial charge >= 0.3 is 0 Å². The lowest BCUT2D eigenvalue weighted by Gasteiger charge is -2.14. The second kappa shape index (κ2) is 6.01. The van der Waals surface area contributed by atoms with E-state index in [4.69, 9.17) is 10.8 Å². The largest absolute Gasteiger partial charge is 0.366 e. The molecule has 0 amide bonds. The Hall–Kier alpha value is -0.560. The van der Waals surface area contributed by atoms with Crippen LogP contribution < -0.4 is 16.6 Å². The van der Waals surface area contributed by atoms with Crippen LogP contribution in [0.3, 0.4) is 0 Å². The Morgan fingerprint density at radius 3 is 2.75 bits per heavy atom. The van der Waals surface area contributed by atoms with E-state index >= 15 is 0 Å². The van der Waals surface area contributed by atoms with E-state index in [1.54, 1.807) is 0 Å². The number of nitroso groups, excluding NO2 is 1. The van der Waals surface area contributed by atoms with Gasteiger partial charge in [0, 0.05) is 6.54 Å². The molecule has 6 heteroatoms. The quantitative estimate of drug-likeness (QED) is 0.224. The minimum atomic E-state index is -1.55. The van der Waals surface area contributed by atoms with Gasteiger partial charge in [-0.1, -0.05) is 0 Å². The predicted molar refractivity (Wildman–Crippen MR) is 46.1 cm³/mol. The molecule has 0 bridgehead atoms. The highest BCUT2D eigenvalue weighted by molar-refractivity contribution is 4.69. The summed E-state index contributed by atoms with van der Waals surface area (Å²) in [5, 5.41) is 11.6. The monoisotopic (exact) mass is 176 g/mol. The van der Waals surface area contributed by atoms with Crippen molar-refractivity contribution in [3.63, 3.8) is 0 Å². The molecule has 0 spiro atoms. The fourth-order valence-electron chi connectivity index (χ4n) is 0.541. The van der Waals surface area contributed by atoms with Gasteiger partial charge < -0.3 is 10.8 Å². The Kier molecular flexibility index (Phi) is 5.73.